The van der Waals surface area contributed by atoms with E-state index in [1.54, 1.807) is 11.3 Å². The molecule has 0 spiro atoms. The molecular weight excluding hydrogens is 294 g/mol. The van der Waals surface area contributed by atoms with Crippen molar-refractivity contribution in [3.8, 4) is 11.4 Å². The van der Waals surface area contributed by atoms with Gasteiger partial charge in [-0.3, -0.25) is 5.10 Å². The molecule has 0 aliphatic heterocycles. The largest absolute Gasteiger partial charge is 0.385 e. The highest BCUT2D eigenvalue weighted by molar-refractivity contribution is 7.17. The molecular formula is C17H17N3OS. The summed E-state index contributed by atoms with van der Waals surface area (Å²) in [5, 5.41) is 21.1. The van der Waals surface area contributed by atoms with Crippen LogP contribution < -0.4 is 0 Å². The number of hydrogen-bond donors (Lipinski definition) is 3. The Kier molecular flexibility index (Phi) is 2.89. The minimum absolute atomic E-state index is 0.685. The summed E-state index contributed by atoms with van der Waals surface area (Å²) < 4.78 is 1.16. The molecule has 0 aliphatic carbocycles. The van der Waals surface area contributed by atoms with Crippen LogP contribution in [0.15, 0.2) is 35.7 Å². The summed E-state index contributed by atoms with van der Waals surface area (Å²) in [5.74, 6) is 0. The quantitative estimate of drug-likeness (QED) is 0.525. The minimum atomic E-state index is -0.793. The second-order valence-corrected chi connectivity index (χ2v) is 6.76. The summed E-state index contributed by atoms with van der Waals surface area (Å²) in [7, 11) is 0. The lowest BCUT2D eigenvalue weighted by Gasteiger charge is -2.21. The van der Waals surface area contributed by atoms with Gasteiger partial charge in [0, 0.05) is 10.9 Å². The minimum Gasteiger partial charge on any atom is -0.385 e. The summed E-state index contributed by atoms with van der Waals surface area (Å²) in [4.78, 5) is 3.42. The van der Waals surface area contributed by atoms with Gasteiger partial charge >= 0.3 is 0 Å². The zero-order chi connectivity index (χ0) is 15.3. The van der Waals surface area contributed by atoms with E-state index >= 15 is 0 Å². The van der Waals surface area contributed by atoms with E-state index < -0.39 is 5.60 Å². The van der Waals surface area contributed by atoms with Gasteiger partial charge in [0.25, 0.3) is 0 Å². The summed E-state index contributed by atoms with van der Waals surface area (Å²) in [6.07, 6.45) is 0.685. The maximum Gasteiger partial charge on any atom is 0.126 e. The van der Waals surface area contributed by atoms with Gasteiger partial charge < -0.3 is 10.1 Å². The average molecular weight is 311 g/mol. The Bertz CT molecular complexity index is 961. The highest BCUT2D eigenvalue weighted by atomic mass is 32.1. The van der Waals surface area contributed by atoms with E-state index in [2.05, 4.69) is 32.7 Å². The maximum atomic E-state index is 10.4. The van der Waals surface area contributed by atoms with Crippen LogP contribution in [0.5, 0.6) is 0 Å². The van der Waals surface area contributed by atoms with Crippen molar-refractivity contribution in [1.82, 2.24) is 15.2 Å². The van der Waals surface area contributed by atoms with Crippen molar-refractivity contribution < 1.29 is 5.11 Å². The summed E-state index contributed by atoms with van der Waals surface area (Å²) in [6.45, 7) is 3.84. The third kappa shape index (κ3) is 1.97. The lowest BCUT2D eigenvalue weighted by molar-refractivity contribution is 0.0532. The normalized spacial score (nSPS) is 14.7. The molecule has 0 amide bonds. The number of nitrogens with zero attached hydrogens (tertiary/aromatic N) is 1. The van der Waals surface area contributed by atoms with Crippen LogP contribution in [-0.2, 0) is 5.60 Å². The summed E-state index contributed by atoms with van der Waals surface area (Å²) in [6, 6.07) is 10.2. The highest BCUT2D eigenvalue weighted by Gasteiger charge is 2.21. The van der Waals surface area contributed by atoms with Crippen molar-refractivity contribution in [3.05, 3.63) is 41.3 Å². The van der Waals surface area contributed by atoms with E-state index in [9.17, 15) is 5.11 Å². The molecule has 0 radical (unpaired) electrons. The molecule has 0 saturated carbocycles. The predicted molar refractivity (Wildman–Crippen MR) is 91.1 cm³/mol. The fourth-order valence-corrected chi connectivity index (χ4v) is 3.58. The van der Waals surface area contributed by atoms with Gasteiger partial charge in [-0.15, -0.1) is 11.3 Å². The molecule has 0 bridgehead atoms. The lowest BCUT2D eigenvalue weighted by Crippen LogP contribution is -2.19. The van der Waals surface area contributed by atoms with E-state index in [1.807, 2.05) is 32.0 Å². The number of H-pyrrole nitrogens is 2. The average Bonchev–Trinajstić information content (AvgIpc) is 3.20. The molecule has 0 saturated heterocycles. The van der Waals surface area contributed by atoms with Gasteiger partial charge in [0.1, 0.15) is 5.69 Å². The first kappa shape index (κ1) is 13.5. The number of aromatic nitrogens is 3. The molecule has 3 heterocycles. The predicted octanol–water partition coefficient (Wildman–Crippen LogP) is 4.39. The molecule has 4 aromatic rings. The van der Waals surface area contributed by atoms with Gasteiger partial charge in [0.15, 0.2) is 0 Å². The number of rotatable bonds is 3. The molecule has 112 valence electrons. The van der Waals surface area contributed by atoms with Crippen molar-refractivity contribution in [3.63, 3.8) is 0 Å². The van der Waals surface area contributed by atoms with Crippen LogP contribution in [0.4, 0.5) is 0 Å². The highest BCUT2D eigenvalue weighted by Crippen LogP contribution is 2.33. The Morgan fingerprint density at radius 1 is 1.23 bits per heavy atom. The number of fused-ring (bicyclic) bond motifs is 2. The monoisotopic (exact) mass is 311 g/mol. The van der Waals surface area contributed by atoms with E-state index in [0.29, 0.717) is 6.42 Å². The molecule has 1 atom stereocenters. The molecule has 1 aromatic carbocycles. The third-order valence-electron chi connectivity index (χ3n) is 4.35. The second-order valence-electron chi connectivity index (χ2n) is 5.85. The SMILES string of the molecule is CCC(C)(O)c1ccc2[nH]c(-c3n[nH]c4ccsc34)cc2c1. The number of thiophene rings is 1. The van der Waals surface area contributed by atoms with E-state index in [0.717, 1.165) is 38.1 Å². The first-order valence-electron chi connectivity index (χ1n) is 7.36. The Morgan fingerprint density at radius 3 is 2.91 bits per heavy atom. The van der Waals surface area contributed by atoms with E-state index in [1.165, 1.54) is 0 Å². The van der Waals surface area contributed by atoms with Crippen molar-refractivity contribution in [2.75, 3.05) is 0 Å². The number of hydrogen-bond acceptors (Lipinski definition) is 3. The van der Waals surface area contributed by atoms with Gasteiger partial charge in [-0.1, -0.05) is 13.0 Å². The molecule has 5 heteroatoms. The van der Waals surface area contributed by atoms with Crippen LogP contribution in [0.2, 0.25) is 0 Å². The van der Waals surface area contributed by atoms with Crippen molar-refractivity contribution >= 4 is 32.5 Å². The molecule has 4 nitrogen and oxygen atoms in total. The second kappa shape index (κ2) is 4.69. The first-order chi connectivity index (χ1) is 10.6. The Hall–Kier alpha value is -2.11. The lowest BCUT2D eigenvalue weighted by atomic mass is 9.92. The first-order valence-corrected chi connectivity index (χ1v) is 8.24. The maximum absolute atomic E-state index is 10.4. The molecule has 3 aromatic heterocycles. The van der Waals surface area contributed by atoms with Gasteiger partial charge in [-0.05, 0) is 48.6 Å². The van der Waals surface area contributed by atoms with Crippen LogP contribution in [0.1, 0.15) is 25.8 Å². The molecule has 1 unspecified atom stereocenters. The van der Waals surface area contributed by atoms with Crippen LogP contribution in [0.3, 0.4) is 0 Å². The van der Waals surface area contributed by atoms with Crippen LogP contribution >= 0.6 is 11.3 Å². The van der Waals surface area contributed by atoms with Gasteiger partial charge in [-0.25, -0.2) is 0 Å². The summed E-state index contributed by atoms with van der Waals surface area (Å²) >= 11 is 1.68. The fraction of sp³-hybridized carbons (Fsp3) is 0.235. The zero-order valence-corrected chi connectivity index (χ0v) is 13.3. The van der Waals surface area contributed by atoms with Crippen LogP contribution in [-0.4, -0.2) is 20.3 Å². The number of aliphatic hydroxyl groups is 1. The number of benzene rings is 1. The molecule has 22 heavy (non-hydrogen) atoms. The summed E-state index contributed by atoms with van der Waals surface area (Å²) in [5.41, 5.74) is 4.21. The van der Waals surface area contributed by atoms with Crippen LogP contribution in [0, 0.1) is 0 Å². The van der Waals surface area contributed by atoms with Gasteiger partial charge in [0.05, 0.1) is 21.5 Å². The Morgan fingerprint density at radius 2 is 2.09 bits per heavy atom. The zero-order valence-electron chi connectivity index (χ0n) is 12.5. The molecule has 0 aliphatic rings. The molecule has 4 rings (SSSR count). The van der Waals surface area contributed by atoms with Crippen molar-refractivity contribution in [2.24, 2.45) is 0 Å². The van der Waals surface area contributed by atoms with Gasteiger partial charge in [-0.2, -0.15) is 5.10 Å². The van der Waals surface area contributed by atoms with E-state index in [-0.39, 0.29) is 0 Å². The number of nitrogens with one attached hydrogen (secondary N) is 2. The fourth-order valence-electron chi connectivity index (χ4n) is 2.73. The van der Waals surface area contributed by atoms with Gasteiger partial charge in [0.2, 0.25) is 0 Å². The number of aromatic amines is 2. The Balaban J connectivity index is 1.86. The molecule has 3 N–H and O–H groups in total. The smallest absolute Gasteiger partial charge is 0.126 e. The Labute approximate surface area is 131 Å². The van der Waals surface area contributed by atoms with Crippen molar-refractivity contribution in [1.29, 1.82) is 0 Å². The van der Waals surface area contributed by atoms with Crippen molar-refractivity contribution in [2.45, 2.75) is 25.9 Å². The van der Waals surface area contributed by atoms with Crippen LogP contribution in [0.25, 0.3) is 32.5 Å². The molecule has 0 fully saturated rings. The standard InChI is InChI=1S/C17H17N3OS/c1-3-17(2,21)11-4-5-12-10(8-11)9-14(18-12)15-16-13(19-20-15)6-7-22-16/h4-9,18,21H,3H2,1-2H3,(H,19,20). The van der Waals surface area contributed by atoms with E-state index in [4.69, 9.17) is 0 Å². The topological polar surface area (TPSA) is 64.7 Å². The third-order valence-corrected chi connectivity index (χ3v) is 5.28.